The smallest absolute Gasteiger partial charge is 0.0901 e. The van der Waals surface area contributed by atoms with Crippen molar-refractivity contribution in [2.24, 2.45) is 0 Å². The molecule has 0 aliphatic rings. The molecule has 0 aliphatic heterocycles. The Balaban J connectivity index is 2.20. The lowest BCUT2D eigenvalue weighted by Crippen LogP contribution is -1.81. The zero-order valence-corrected chi connectivity index (χ0v) is 10.7. The molecule has 17 heavy (non-hydrogen) atoms. The van der Waals surface area contributed by atoms with Crippen molar-refractivity contribution in [2.75, 3.05) is 0 Å². The van der Waals surface area contributed by atoms with Crippen LogP contribution in [0.2, 0.25) is 0 Å². The third-order valence-electron chi connectivity index (χ3n) is 2.67. The molecule has 0 spiro atoms. The van der Waals surface area contributed by atoms with E-state index in [0.717, 1.165) is 4.90 Å². The SMILES string of the molecule is Cc1ccc(Sc2ccc([N+]#N)cc2)cc1C. The van der Waals surface area contributed by atoms with Crippen molar-refractivity contribution in [2.45, 2.75) is 23.6 Å². The highest BCUT2D eigenvalue weighted by molar-refractivity contribution is 7.99. The second-order valence-electron chi connectivity index (χ2n) is 3.94. The Morgan fingerprint density at radius 1 is 0.882 bits per heavy atom. The van der Waals surface area contributed by atoms with Crippen molar-refractivity contribution in [1.82, 2.24) is 0 Å². The van der Waals surface area contributed by atoms with Crippen LogP contribution >= 0.6 is 11.8 Å². The van der Waals surface area contributed by atoms with E-state index >= 15 is 0 Å². The normalized spacial score (nSPS) is 9.94. The topological polar surface area (TPSA) is 28.1 Å². The number of rotatable bonds is 2. The van der Waals surface area contributed by atoms with E-state index < -0.39 is 0 Å². The van der Waals surface area contributed by atoms with Crippen LogP contribution in [-0.2, 0) is 0 Å². The van der Waals surface area contributed by atoms with E-state index in [9.17, 15) is 0 Å². The number of diazo groups is 1. The van der Waals surface area contributed by atoms with Gasteiger partial charge in [0.1, 0.15) is 0 Å². The second-order valence-corrected chi connectivity index (χ2v) is 5.09. The molecule has 0 fully saturated rings. The van der Waals surface area contributed by atoms with Crippen molar-refractivity contribution in [3.63, 3.8) is 0 Å². The summed E-state index contributed by atoms with van der Waals surface area (Å²) in [4.78, 5) is 5.50. The number of nitrogens with zero attached hydrogens (tertiary/aromatic N) is 2. The Kier molecular flexibility index (Phi) is 3.46. The van der Waals surface area contributed by atoms with E-state index in [4.69, 9.17) is 5.39 Å². The predicted molar refractivity (Wildman–Crippen MR) is 71.2 cm³/mol. The maximum Gasteiger partial charge on any atom is 0.385 e. The van der Waals surface area contributed by atoms with Crippen LogP contribution in [0.15, 0.2) is 52.3 Å². The van der Waals surface area contributed by atoms with E-state index in [-0.39, 0.29) is 0 Å². The molecular formula is C14H13N2S+. The van der Waals surface area contributed by atoms with Crippen LogP contribution < -0.4 is 0 Å². The fraction of sp³-hybridized carbons (Fsp3) is 0.143. The van der Waals surface area contributed by atoms with Gasteiger partial charge in [0.25, 0.3) is 0 Å². The lowest BCUT2D eigenvalue weighted by atomic mass is 10.1. The maximum absolute atomic E-state index is 8.60. The third-order valence-corrected chi connectivity index (χ3v) is 3.66. The Morgan fingerprint density at radius 3 is 2.12 bits per heavy atom. The molecule has 0 atom stereocenters. The summed E-state index contributed by atoms with van der Waals surface area (Å²) in [7, 11) is 0. The third kappa shape index (κ3) is 2.86. The van der Waals surface area contributed by atoms with Gasteiger partial charge in [0.2, 0.25) is 5.39 Å². The van der Waals surface area contributed by atoms with E-state index in [1.165, 1.54) is 16.0 Å². The standard InChI is InChI=1S/C14H13N2S/c1-10-3-6-14(9-11(10)2)17-13-7-4-12(16-15)5-8-13/h3-9H,1-2H3/q+1. The lowest BCUT2D eigenvalue weighted by molar-refractivity contribution is 1.27. The predicted octanol–water partition coefficient (Wildman–Crippen LogP) is 4.94. The molecule has 0 heterocycles. The van der Waals surface area contributed by atoms with Crippen LogP contribution in [0.4, 0.5) is 5.69 Å². The molecule has 0 aromatic heterocycles. The van der Waals surface area contributed by atoms with Crippen LogP contribution in [0.3, 0.4) is 0 Å². The number of aryl methyl sites for hydroxylation is 2. The molecule has 2 rings (SSSR count). The van der Waals surface area contributed by atoms with E-state index in [1.807, 2.05) is 12.1 Å². The van der Waals surface area contributed by atoms with Crippen LogP contribution in [0.5, 0.6) is 0 Å². The van der Waals surface area contributed by atoms with E-state index in [2.05, 4.69) is 37.0 Å². The van der Waals surface area contributed by atoms with Gasteiger partial charge in [0, 0.05) is 21.9 Å². The molecule has 0 N–H and O–H groups in total. The van der Waals surface area contributed by atoms with Crippen LogP contribution in [-0.4, -0.2) is 0 Å². The van der Waals surface area contributed by atoms with Crippen molar-refractivity contribution in [3.8, 4) is 0 Å². The zero-order chi connectivity index (χ0) is 12.3. The van der Waals surface area contributed by atoms with Gasteiger partial charge in [0.15, 0.2) is 4.98 Å². The average molecular weight is 241 g/mol. The van der Waals surface area contributed by atoms with Gasteiger partial charge in [-0.3, -0.25) is 0 Å². The summed E-state index contributed by atoms with van der Waals surface area (Å²) in [6, 6.07) is 13.9. The summed E-state index contributed by atoms with van der Waals surface area (Å²) in [5, 5.41) is 8.60. The summed E-state index contributed by atoms with van der Waals surface area (Å²) in [5.41, 5.74) is 3.19. The molecule has 0 radical (unpaired) electrons. The van der Waals surface area contributed by atoms with Crippen LogP contribution in [0.1, 0.15) is 11.1 Å². The summed E-state index contributed by atoms with van der Waals surface area (Å²) in [6.45, 7) is 4.23. The molecule has 0 unspecified atom stereocenters. The second kappa shape index (κ2) is 5.03. The number of benzene rings is 2. The molecule has 0 amide bonds. The Labute approximate surface area is 105 Å². The fourth-order valence-electron chi connectivity index (χ4n) is 1.49. The summed E-state index contributed by atoms with van der Waals surface area (Å²) < 4.78 is 0. The zero-order valence-electron chi connectivity index (χ0n) is 9.84. The van der Waals surface area contributed by atoms with Gasteiger partial charge in [-0.2, -0.15) is 0 Å². The average Bonchev–Trinajstić information content (AvgIpc) is 2.35. The van der Waals surface area contributed by atoms with Gasteiger partial charge in [-0.1, -0.05) is 17.8 Å². The van der Waals surface area contributed by atoms with Crippen molar-refractivity contribution in [1.29, 1.82) is 5.39 Å². The van der Waals surface area contributed by atoms with E-state index in [1.54, 1.807) is 23.9 Å². The highest BCUT2D eigenvalue weighted by Crippen LogP contribution is 2.30. The minimum atomic E-state index is 0.578. The number of hydrogen-bond acceptors (Lipinski definition) is 2. The first kappa shape index (κ1) is 11.7. The molecule has 2 aromatic rings. The largest absolute Gasteiger partial charge is 0.385 e. The minimum Gasteiger partial charge on any atom is -0.0901 e. The molecule has 2 aromatic carbocycles. The number of hydrogen-bond donors (Lipinski definition) is 0. The first-order valence-electron chi connectivity index (χ1n) is 5.39. The monoisotopic (exact) mass is 241 g/mol. The van der Waals surface area contributed by atoms with Gasteiger partial charge in [-0.25, -0.2) is 0 Å². The van der Waals surface area contributed by atoms with Crippen molar-refractivity contribution < 1.29 is 0 Å². The Bertz CT molecular complexity index is 568. The summed E-state index contributed by atoms with van der Waals surface area (Å²) in [5.74, 6) is 0. The highest BCUT2D eigenvalue weighted by atomic mass is 32.2. The molecule has 0 saturated carbocycles. The van der Waals surface area contributed by atoms with Gasteiger partial charge in [0.05, 0.1) is 0 Å². The first-order valence-corrected chi connectivity index (χ1v) is 6.21. The molecule has 0 saturated heterocycles. The lowest BCUT2D eigenvalue weighted by Gasteiger charge is -2.04. The van der Waals surface area contributed by atoms with Gasteiger partial charge in [-0.05, 0) is 49.2 Å². The van der Waals surface area contributed by atoms with Gasteiger partial charge in [-0.15, -0.1) is 0 Å². The van der Waals surface area contributed by atoms with Crippen molar-refractivity contribution in [3.05, 3.63) is 58.6 Å². The van der Waals surface area contributed by atoms with Crippen LogP contribution in [0.25, 0.3) is 4.98 Å². The fourth-order valence-corrected chi connectivity index (χ4v) is 2.41. The van der Waals surface area contributed by atoms with Gasteiger partial charge < -0.3 is 0 Å². The highest BCUT2D eigenvalue weighted by Gasteiger charge is 2.04. The molecule has 0 bridgehead atoms. The summed E-state index contributed by atoms with van der Waals surface area (Å²) >= 11 is 1.71. The Morgan fingerprint density at radius 2 is 1.53 bits per heavy atom. The summed E-state index contributed by atoms with van der Waals surface area (Å²) in [6.07, 6.45) is 0. The molecule has 2 nitrogen and oxygen atoms in total. The van der Waals surface area contributed by atoms with Crippen molar-refractivity contribution >= 4 is 17.4 Å². The van der Waals surface area contributed by atoms with E-state index in [0.29, 0.717) is 5.69 Å². The molecule has 3 heteroatoms. The minimum absolute atomic E-state index is 0.578. The van der Waals surface area contributed by atoms with Crippen LogP contribution in [0, 0.1) is 19.2 Å². The van der Waals surface area contributed by atoms with Gasteiger partial charge >= 0.3 is 5.69 Å². The maximum atomic E-state index is 8.60. The molecule has 0 aliphatic carbocycles. The quantitative estimate of drug-likeness (QED) is 0.697. The first-order chi connectivity index (χ1) is 8.19. The molecule has 84 valence electrons. The Hall–Kier alpha value is -1.79. The molecular weight excluding hydrogens is 228 g/mol.